The molecule has 0 saturated carbocycles. The SMILES string of the molecule is C=CCN1C(=O)c2[nH]nc(-c3cc(C)cc(C)c3O)c2C1c1ccc(F)cc1. The number of carbonyl (C=O) groups excluding carboxylic acids is 1. The number of H-pyrrole nitrogens is 1. The van der Waals surface area contributed by atoms with E-state index in [0.717, 1.165) is 16.7 Å². The van der Waals surface area contributed by atoms with Gasteiger partial charge in [0.15, 0.2) is 0 Å². The summed E-state index contributed by atoms with van der Waals surface area (Å²) in [5, 5.41) is 17.8. The highest BCUT2D eigenvalue weighted by molar-refractivity contribution is 6.00. The first kappa shape index (κ1) is 18.0. The lowest BCUT2D eigenvalue weighted by atomic mass is 9.94. The Morgan fingerprint density at radius 3 is 2.68 bits per heavy atom. The lowest BCUT2D eigenvalue weighted by Crippen LogP contribution is -2.29. The number of hydrogen-bond acceptors (Lipinski definition) is 3. The molecule has 5 nitrogen and oxygen atoms in total. The molecule has 0 saturated heterocycles. The second-order valence-electron chi connectivity index (χ2n) is 7.04. The normalized spacial score (nSPS) is 15.8. The first-order valence-corrected chi connectivity index (χ1v) is 8.98. The van der Waals surface area contributed by atoms with E-state index >= 15 is 0 Å². The highest BCUT2D eigenvalue weighted by Crippen LogP contribution is 2.45. The summed E-state index contributed by atoms with van der Waals surface area (Å²) >= 11 is 0. The standard InChI is InChI=1S/C22H20FN3O2/c1-4-9-26-20(14-5-7-15(23)8-6-14)17-18(24-25-19(17)22(26)28)16-11-12(2)10-13(3)21(16)27/h4-8,10-11,20,27H,1,9H2,2-3H3,(H,24,25). The van der Waals surface area contributed by atoms with Crippen molar-refractivity contribution < 1.29 is 14.3 Å². The van der Waals surface area contributed by atoms with Crippen LogP contribution in [0.4, 0.5) is 4.39 Å². The molecule has 1 atom stereocenters. The van der Waals surface area contributed by atoms with Crippen LogP contribution in [0.25, 0.3) is 11.3 Å². The fraction of sp³-hybridized carbons (Fsp3) is 0.182. The molecule has 0 fully saturated rings. The number of phenols is 1. The van der Waals surface area contributed by atoms with Crippen molar-refractivity contribution in [2.75, 3.05) is 6.54 Å². The fourth-order valence-corrected chi connectivity index (χ4v) is 3.86. The number of nitrogens with zero attached hydrogens (tertiary/aromatic N) is 2. The van der Waals surface area contributed by atoms with E-state index in [2.05, 4.69) is 16.8 Å². The molecule has 3 aromatic rings. The number of carbonyl (C=O) groups is 1. The number of hydrogen-bond donors (Lipinski definition) is 2. The molecule has 1 aliphatic rings. The molecular formula is C22H20FN3O2. The second-order valence-corrected chi connectivity index (χ2v) is 7.04. The zero-order chi connectivity index (χ0) is 20.0. The number of halogens is 1. The molecule has 1 aliphatic heterocycles. The molecule has 2 aromatic carbocycles. The van der Waals surface area contributed by atoms with Crippen LogP contribution in [0.15, 0.2) is 49.1 Å². The van der Waals surface area contributed by atoms with Gasteiger partial charge in [0.2, 0.25) is 0 Å². The minimum absolute atomic E-state index is 0.132. The van der Waals surface area contributed by atoms with Gasteiger partial charge in [0.1, 0.15) is 23.0 Å². The maximum absolute atomic E-state index is 13.5. The minimum Gasteiger partial charge on any atom is -0.507 e. The largest absolute Gasteiger partial charge is 0.507 e. The molecule has 0 spiro atoms. The number of aryl methyl sites for hydroxylation is 2. The number of rotatable bonds is 4. The molecule has 28 heavy (non-hydrogen) atoms. The van der Waals surface area contributed by atoms with Crippen molar-refractivity contribution in [3.05, 3.63) is 82.8 Å². The Morgan fingerprint density at radius 2 is 2.00 bits per heavy atom. The highest BCUT2D eigenvalue weighted by atomic mass is 19.1. The molecule has 2 heterocycles. The smallest absolute Gasteiger partial charge is 0.273 e. The Morgan fingerprint density at radius 1 is 1.29 bits per heavy atom. The zero-order valence-electron chi connectivity index (χ0n) is 15.7. The summed E-state index contributed by atoms with van der Waals surface area (Å²) < 4.78 is 13.5. The van der Waals surface area contributed by atoms with Crippen LogP contribution in [0.3, 0.4) is 0 Å². The number of nitrogens with one attached hydrogen (secondary N) is 1. The minimum atomic E-state index is -0.449. The van der Waals surface area contributed by atoms with Gasteiger partial charge in [-0.3, -0.25) is 9.89 Å². The van der Waals surface area contributed by atoms with Crippen LogP contribution in [0.5, 0.6) is 5.75 Å². The molecule has 1 aromatic heterocycles. The van der Waals surface area contributed by atoms with Gasteiger partial charge in [0.25, 0.3) is 5.91 Å². The maximum atomic E-state index is 13.5. The Kier molecular flexibility index (Phi) is 4.26. The van der Waals surface area contributed by atoms with Gasteiger partial charge in [0.05, 0.1) is 6.04 Å². The van der Waals surface area contributed by atoms with E-state index in [-0.39, 0.29) is 17.5 Å². The van der Waals surface area contributed by atoms with Crippen LogP contribution in [-0.2, 0) is 0 Å². The van der Waals surface area contributed by atoms with Crippen molar-refractivity contribution in [1.82, 2.24) is 15.1 Å². The monoisotopic (exact) mass is 377 g/mol. The van der Waals surface area contributed by atoms with Crippen molar-refractivity contribution in [2.24, 2.45) is 0 Å². The average molecular weight is 377 g/mol. The summed E-state index contributed by atoms with van der Waals surface area (Å²) in [6, 6.07) is 9.36. The fourth-order valence-electron chi connectivity index (χ4n) is 3.86. The number of amides is 1. The van der Waals surface area contributed by atoms with Gasteiger partial charge in [-0.2, -0.15) is 5.10 Å². The Balaban J connectivity index is 1.95. The van der Waals surface area contributed by atoms with Crippen LogP contribution >= 0.6 is 0 Å². The van der Waals surface area contributed by atoms with Crippen LogP contribution < -0.4 is 0 Å². The molecule has 0 aliphatic carbocycles. The summed E-state index contributed by atoms with van der Waals surface area (Å²) in [6.07, 6.45) is 1.65. The number of phenolic OH excluding ortho intramolecular Hbond substituents is 1. The van der Waals surface area contributed by atoms with Crippen LogP contribution in [0.2, 0.25) is 0 Å². The lowest BCUT2D eigenvalue weighted by molar-refractivity contribution is 0.0764. The lowest BCUT2D eigenvalue weighted by Gasteiger charge is -2.25. The van der Waals surface area contributed by atoms with Gasteiger partial charge in [-0.05, 0) is 48.7 Å². The van der Waals surface area contributed by atoms with Crippen LogP contribution in [0, 0.1) is 19.7 Å². The van der Waals surface area contributed by atoms with E-state index < -0.39 is 6.04 Å². The first-order chi connectivity index (χ1) is 13.4. The molecule has 1 unspecified atom stereocenters. The number of aromatic amines is 1. The summed E-state index contributed by atoms with van der Waals surface area (Å²) in [5.74, 6) is -0.415. The predicted molar refractivity (Wildman–Crippen MR) is 105 cm³/mol. The summed E-state index contributed by atoms with van der Waals surface area (Å²) in [4.78, 5) is 14.6. The zero-order valence-corrected chi connectivity index (χ0v) is 15.7. The van der Waals surface area contributed by atoms with Gasteiger partial charge in [0, 0.05) is 17.7 Å². The molecule has 142 valence electrons. The molecule has 2 N–H and O–H groups in total. The third-order valence-electron chi connectivity index (χ3n) is 5.08. The van der Waals surface area contributed by atoms with Gasteiger partial charge in [-0.15, -0.1) is 6.58 Å². The molecule has 0 radical (unpaired) electrons. The van der Waals surface area contributed by atoms with Gasteiger partial charge in [-0.1, -0.05) is 24.3 Å². The number of aromatic nitrogens is 2. The number of aromatic hydroxyl groups is 1. The van der Waals surface area contributed by atoms with E-state index in [1.807, 2.05) is 26.0 Å². The molecule has 0 bridgehead atoms. The van der Waals surface area contributed by atoms with Crippen molar-refractivity contribution in [2.45, 2.75) is 19.9 Å². The molecule has 6 heteroatoms. The van der Waals surface area contributed by atoms with E-state index in [4.69, 9.17) is 0 Å². The van der Waals surface area contributed by atoms with E-state index in [0.29, 0.717) is 29.1 Å². The highest BCUT2D eigenvalue weighted by Gasteiger charge is 2.42. The molecule has 4 rings (SSSR count). The van der Waals surface area contributed by atoms with Crippen LogP contribution in [0.1, 0.15) is 38.8 Å². The average Bonchev–Trinajstić information content (AvgIpc) is 3.19. The van der Waals surface area contributed by atoms with Crippen molar-refractivity contribution in [3.63, 3.8) is 0 Å². The Labute approximate surface area is 162 Å². The quantitative estimate of drug-likeness (QED) is 0.667. The number of benzene rings is 2. The Bertz CT molecular complexity index is 1090. The maximum Gasteiger partial charge on any atom is 0.273 e. The third-order valence-corrected chi connectivity index (χ3v) is 5.08. The summed E-state index contributed by atoms with van der Waals surface area (Å²) in [7, 11) is 0. The number of fused-ring (bicyclic) bond motifs is 1. The topological polar surface area (TPSA) is 69.2 Å². The third kappa shape index (κ3) is 2.69. The van der Waals surface area contributed by atoms with E-state index in [9.17, 15) is 14.3 Å². The second kappa shape index (κ2) is 6.64. The van der Waals surface area contributed by atoms with E-state index in [1.165, 1.54) is 12.1 Å². The van der Waals surface area contributed by atoms with Gasteiger partial charge in [-0.25, -0.2) is 4.39 Å². The molecule has 1 amide bonds. The van der Waals surface area contributed by atoms with E-state index in [1.54, 1.807) is 23.1 Å². The first-order valence-electron chi connectivity index (χ1n) is 8.98. The predicted octanol–water partition coefficient (Wildman–Crippen LogP) is 4.27. The van der Waals surface area contributed by atoms with Gasteiger partial charge >= 0.3 is 0 Å². The van der Waals surface area contributed by atoms with Crippen molar-refractivity contribution in [3.8, 4) is 17.0 Å². The van der Waals surface area contributed by atoms with Crippen molar-refractivity contribution >= 4 is 5.91 Å². The Hall–Kier alpha value is -3.41. The van der Waals surface area contributed by atoms with Gasteiger partial charge < -0.3 is 10.0 Å². The summed E-state index contributed by atoms with van der Waals surface area (Å²) in [6.45, 7) is 7.85. The summed E-state index contributed by atoms with van der Waals surface area (Å²) in [5.41, 5.74) is 4.62. The van der Waals surface area contributed by atoms with Crippen molar-refractivity contribution in [1.29, 1.82) is 0 Å². The van der Waals surface area contributed by atoms with Crippen LogP contribution in [-0.4, -0.2) is 32.7 Å². The molecular weight excluding hydrogens is 357 g/mol.